The van der Waals surface area contributed by atoms with Gasteiger partial charge in [-0.25, -0.2) is 0 Å². The summed E-state index contributed by atoms with van der Waals surface area (Å²) in [5.41, 5.74) is 2.57. The largest absolute Gasteiger partial charge is 0.384 e. The van der Waals surface area contributed by atoms with Gasteiger partial charge >= 0.3 is 0 Å². The van der Waals surface area contributed by atoms with Crippen molar-refractivity contribution in [3.05, 3.63) is 29.8 Å². The van der Waals surface area contributed by atoms with E-state index < -0.39 is 0 Å². The lowest BCUT2D eigenvalue weighted by Crippen LogP contribution is -2.13. The smallest absolute Gasteiger partial charge is 0.0370 e. The van der Waals surface area contributed by atoms with Crippen LogP contribution in [0.15, 0.2) is 24.3 Å². The van der Waals surface area contributed by atoms with Crippen LogP contribution in [0.3, 0.4) is 0 Å². The summed E-state index contributed by atoms with van der Waals surface area (Å²) in [6.07, 6.45) is 0. The van der Waals surface area contributed by atoms with E-state index in [-0.39, 0.29) is 0 Å². The van der Waals surface area contributed by atoms with Crippen LogP contribution < -0.4 is 5.32 Å². The molecule has 0 fully saturated rings. The Morgan fingerprint density at radius 1 is 1.20 bits per heavy atom. The molecule has 0 spiro atoms. The number of para-hydroxylation sites is 1. The first-order valence-electron chi connectivity index (χ1n) is 5.42. The van der Waals surface area contributed by atoms with Crippen LogP contribution in [0, 0.1) is 6.92 Å². The predicted molar refractivity (Wildman–Crippen MR) is 71.9 cm³/mol. The van der Waals surface area contributed by atoms with Crippen molar-refractivity contribution in [2.24, 2.45) is 0 Å². The third kappa shape index (κ3) is 5.12. The molecule has 0 aliphatic heterocycles. The Hall–Kier alpha value is -0.630. The maximum absolute atomic E-state index is 3.46. The summed E-state index contributed by atoms with van der Waals surface area (Å²) >= 11 is 2.00. The number of rotatable bonds is 4. The number of nitrogens with one attached hydrogen (secondary N) is 1. The van der Waals surface area contributed by atoms with Crippen molar-refractivity contribution in [3.63, 3.8) is 0 Å². The summed E-state index contributed by atoms with van der Waals surface area (Å²) < 4.78 is 0.368. The first-order chi connectivity index (χ1) is 6.99. The molecule has 0 heterocycles. The highest BCUT2D eigenvalue weighted by atomic mass is 32.2. The van der Waals surface area contributed by atoms with Gasteiger partial charge in [0.25, 0.3) is 0 Å². The van der Waals surface area contributed by atoms with Gasteiger partial charge in [-0.1, -0.05) is 39.0 Å². The maximum Gasteiger partial charge on any atom is 0.0370 e. The minimum absolute atomic E-state index is 0.368. The zero-order valence-corrected chi connectivity index (χ0v) is 10.9. The zero-order valence-electron chi connectivity index (χ0n) is 10.1. The van der Waals surface area contributed by atoms with E-state index in [9.17, 15) is 0 Å². The second kappa shape index (κ2) is 5.45. The first-order valence-corrected chi connectivity index (χ1v) is 6.41. The second-order valence-electron chi connectivity index (χ2n) is 4.70. The summed E-state index contributed by atoms with van der Waals surface area (Å²) in [6.45, 7) is 9.94. The van der Waals surface area contributed by atoms with E-state index >= 15 is 0 Å². The zero-order chi connectivity index (χ0) is 11.3. The quantitative estimate of drug-likeness (QED) is 0.776. The molecule has 0 aliphatic carbocycles. The van der Waals surface area contributed by atoms with E-state index in [1.165, 1.54) is 11.3 Å². The fraction of sp³-hybridized carbons (Fsp3) is 0.538. The molecule has 0 saturated carbocycles. The second-order valence-corrected chi connectivity index (χ2v) is 6.62. The van der Waals surface area contributed by atoms with E-state index in [2.05, 4.69) is 57.3 Å². The molecule has 2 heteroatoms. The SMILES string of the molecule is Cc1ccccc1NCCSC(C)(C)C. The highest BCUT2D eigenvalue weighted by Crippen LogP contribution is 2.22. The molecule has 1 N–H and O–H groups in total. The number of thioether (sulfide) groups is 1. The van der Waals surface area contributed by atoms with E-state index in [1.807, 2.05) is 11.8 Å². The number of anilines is 1. The molecule has 84 valence electrons. The normalized spacial score (nSPS) is 11.5. The first kappa shape index (κ1) is 12.4. The van der Waals surface area contributed by atoms with Crippen LogP contribution in [0.5, 0.6) is 0 Å². The summed E-state index contributed by atoms with van der Waals surface area (Å²) in [6, 6.07) is 8.42. The van der Waals surface area contributed by atoms with Crippen LogP contribution in [0.1, 0.15) is 26.3 Å². The van der Waals surface area contributed by atoms with E-state index in [0.29, 0.717) is 4.75 Å². The topological polar surface area (TPSA) is 12.0 Å². The Bertz CT molecular complexity index is 302. The third-order valence-electron chi connectivity index (χ3n) is 2.10. The van der Waals surface area contributed by atoms with Crippen molar-refractivity contribution in [1.82, 2.24) is 0 Å². The Kier molecular flexibility index (Phi) is 4.52. The van der Waals surface area contributed by atoms with Crippen molar-refractivity contribution < 1.29 is 0 Å². The van der Waals surface area contributed by atoms with E-state index in [4.69, 9.17) is 0 Å². The minimum atomic E-state index is 0.368. The molecular weight excluding hydrogens is 202 g/mol. The highest BCUT2D eigenvalue weighted by Gasteiger charge is 2.09. The average molecular weight is 223 g/mol. The summed E-state index contributed by atoms with van der Waals surface area (Å²) in [5, 5.41) is 3.46. The van der Waals surface area contributed by atoms with Gasteiger partial charge < -0.3 is 5.32 Å². The van der Waals surface area contributed by atoms with Gasteiger partial charge in [0.2, 0.25) is 0 Å². The van der Waals surface area contributed by atoms with Crippen LogP contribution in [-0.2, 0) is 0 Å². The Labute approximate surface area is 97.7 Å². The van der Waals surface area contributed by atoms with Gasteiger partial charge in [0.15, 0.2) is 0 Å². The fourth-order valence-corrected chi connectivity index (χ4v) is 2.13. The van der Waals surface area contributed by atoms with Gasteiger partial charge in [0, 0.05) is 22.7 Å². The number of hydrogen-bond acceptors (Lipinski definition) is 2. The molecule has 0 atom stereocenters. The molecular formula is C13H21NS. The van der Waals surface area contributed by atoms with Gasteiger partial charge in [-0.05, 0) is 18.6 Å². The lowest BCUT2D eigenvalue weighted by Gasteiger charge is -2.18. The van der Waals surface area contributed by atoms with Crippen LogP contribution in [0.4, 0.5) is 5.69 Å². The monoisotopic (exact) mass is 223 g/mol. The van der Waals surface area contributed by atoms with Crippen LogP contribution in [-0.4, -0.2) is 17.0 Å². The van der Waals surface area contributed by atoms with Crippen LogP contribution >= 0.6 is 11.8 Å². The number of hydrogen-bond donors (Lipinski definition) is 1. The molecule has 0 bridgehead atoms. The molecule has 1 aromatic carbocycles. The maximum atomic E-state index is 3.46. The molecule has 15 heavy (non-hydrogen) atoms. The van der Waals surface area contributed by atoms with Gasteiger partial charge in [-0.2, -0.15) is 11.8 Å². The molecule has 1 nitrogen and oxygen atoms in total. The summed E-state index contributed by atoms with van der Waals surface area (Å²) in [7, 11) is 0. The fourth-order valence-electron chi connectivity index (χ4n) is 1.31. The molecule has 0 aliphatic rings. The highest BCUT2D eigenvalue weighted by molar-refractivity contribution is 8.00. The van der Waals surface area contributed by atoms with Crippen LogP contribution in [0.2, 0.25) is 0 Å². The standard InChI is InChI=1S/C13H21NS/c1-11-7-5-6-8-12(11)14-9-10-15-13(2,3)4/h5-8,14H,9-10H2,1-4H3. The van der Waals surface area contributed by atoms with Gasteiger partial charge in [-0.3, -0.25) is 0 Å². The van der Waals surface area contributed by atoms with Crippen molar-refractivity contribution >= 4 is 17.4 Å². The molecule has 1 aromatic rings. The number of benzene rings is 1. The summed E-state index contributed by atoms with van der Waals surface area (Å²) in [5.74, 6) is 1.15. The van der Waals surface area contributed by atoms with Crippen molar-refractivity contribution in [3.8, 4) is 0 Å². The van der Waals surface area contributed by atoms with Crippen molar-refractivity contribution in [2.45, 2.75) is 32.4 Å². The third-order valence-corrected chi connectivity index (χ3v) is 3.37. The molecule has 0 saturated heterocycles. The average Bonchev–Trinajstić information content (AvgIpc) is 2.13. The van der Waals surface area contributed by atoms with Crippen molar-refractivity contribution in [2.75, 3.05) is 17.6 Å². The Morgan fingerprint density at radius 3 is 2.47 bits per heavy atom. The van der Waals surface area contributed by atoms with Gasteiger partial charge in [0.1, 0.15) is 0 Å². The molecule has 0 radical (unpaired) electrons. The molecule has 0 unspecified atom stereocenters. The lowest BCUT2D eigenvalue weighted by molar-refractivity contribution is 0.802. The van der Waals surface area contributed by atoms with Gasteiger partial charge in [-0.15, -0.1) is 0 Å². The van der Waals surface area contributed by atoms with Crippen molar-refractivity contribution in [1.29, 1.82) is 0 Å². The summed E-state index contributed by atoms with van der Waals surface area (Å²) in [4.78, 5) is 0. The molecule has 0 amide bonds. The Morgan fingerprint density at radius 2 is 1.87 bits per heavy atom. The molecule has 1 rings (SSSR count). The predicted octanol–water partition coefficient (Wildman–Crippen LogP) is 3.94. The Balaban J connectivity index is 2.30. The number of aryl methyl sites for hydroxylation is 1. The van der Waals surface area contributed by atoms with Crippen LogP contribution in [0.25, 0.3) is 0 Å². The van der Waals surface area contributed by atoms with E-state index in [1.54, 1.807) is 0 Å². The lowest BCUT2D eigenvalue weighted by atomic mass is 10.2. The minimum Gasteiger partial charge on any atom is -0.384 e. The van der Waals surface area contributed by atoms with Gasteiger partial charge in [0.05, 0.1) is 0 Å². The van der Waals surface area contributed by atoms with E-state index in [0.717, 1.165) is 12.3 Å². The molecule has 0 aromatic heterocycles.